The van der Waals surface area contributed by atoms with E-state index < -0.39 is 36.3 Å². The van der Waals surface area contributed by atoms with Gasteiger partial charge < -0.3 is 25.4 Å². The Balaban J connectivity index is 3.46. The van der Waals surface area contributed by atoms with Crippen LogP contribution < -0.4 is 10.6 Å². The summed E-state index contributed by atoms with van der Waals surface area (Å²) in [7, 11) is 0. The number of ether oxygens (including phenoxy) is 1. The average molecular weight is 520 g/mol. The third-order valence-corrected chi connectivity index (χ3v) is 5.94. The van der Waals surface area contributed by atoms with Crippen molar-refractivity contribution in [1.29, 1.82) is 0 Å². The van der Waals surface area contributed by atoms with Crippen molar-refractivity contribution in [2.45, 2.75) is 118 Å². The van der Waals surface area contributed by atoms with Gasteiger partial charge in [0.05, 0.1) is 6.61 Å². The summed E-state index contributed by atoms with van der Waals surface area (Å²) in [4.78, 5) is 41.5. The van der Waals surface area contributed by atoms with Crippen molar-refractivity contribution in [3.63, 3.8) is 0 Å². The number of aryl methyl sites for hydroxylation is 2. The van der Waals surface area contributed by atoms with Crippen molar-refractivity contribution >= 4 is 17.9 Å². The maximum Gasteiger partial charge on any atom is 0.408 e. The lowest BCUT2D eigenvalue weighted by atomic mass is 9.97. The first-order chi connectivity index (χ1) is 17.3. The fourth-order valence-corrected chi connectivity index (χ4v) is 4.38. The summed E-state index contributed by atoms with van der Waals surface area (Å²) < 4.78 is 5.31. The predicted molar refractivity (Wildman–Crippen MR) is 147 cm³/mol. The Morgan fingerprint density at radius 1 is 0.973 bits per heavy atom. The third kappa shape index (κ3) is 11.5. The molecule has 37 heavy (non-hydrogen) atoms. The summed E-state index contributed by atoms with van der Waals surface area (Å²) in [6.07, 6.45) is 4.57. The molecule has 1 aromatic rings. The van der Waals surface area contributed by atoms with Crippen LogP contribution in [0, 0.1) is 13.8 Å². The van der Waals surface area contributed by atoms with Gasteiger partial charge in [-0.1, -0.05) is 68.9 Å². The van der Waals surface area contributed by atoms with Gasteiger partial charge in [0.1, 0.15) is 17.7 Å². The Kier molecular flexibility index (Phi) is 13.7. The molecule has 0 aliphatic heterocycles. The van der Waals surface area contributed by atoms with E-state index >= 15 is 0 Å². The van der Waals surface area contributed by atoms with Crippen molar-refractivity contribution in [2.24, 2.45) is 0 Å². The molecule has 0 saturated heterocycles. The molecular weight excluding hydrogens is 470 g/mol. The Hall–Kier alpha value is -2.61. The standard InChI is InChI=1S/C29H49N3O5/c1-9-11-12-13-15-32(27(35)24(19-33)31-28(36)37-29(6,7)8)25(26(34)30-22(5)14-10-2)23-17-20(3)16-21(4)18-23/h16-18,22,24-25,33H,9-15,19H2,1-8H3,(H,30,34)(H,31,36). The van der Waals surface area contributed by atoms with E-state index in [9.17, 15) is 19.5 Å². The van der Waals surface area contributed by atoms with Crippen LogP contribution in [0.15, 0.2) is 18.2 Å². The molecule has 0 saturated carbocycles. The summed E-state index contributed by atoms with van der Waals surface area (Å²) in [6.45, 7) is 14.9. The van der Waals surface area contributed by atoms with Crippen LogP contribution in [0.3, 0.4) is 0 Å². The Labute approximate surface area is 223 Å². The van der Waals surface area contributed by atoms with Crippen LogP contribution in [0.4, 0.5) is 4.79 Å². The number of nitrogens with zero attached hydrogens (tertiary/aromatic N) is 1. The molecule has 0 spiro atoms. The van der Waals surface area contributed by atoms with Crippen molar-refractivity contribution in [1.82, 2.24) is 15.5 Å². The van der Waals surface area contributed by atoms with Crippen LogP contribution in [0.2, 0.25) is 0 Å². The third-order valence-electron chi connectivity index (χ3n) is 5.94. The van der Waals surface area contributed by atoms with Crippen molar-refractivity contribution < 1.29 is 24.2 Å². The lowest BCUT2D eigenvalue weighted by molar-refractivity contribution is -0.143. The van der Waals surface area contributed by atoms with Gasteiger partial charge in [-0.05, 0) is 59.9 Å². The summed E-state index contributed by atoms with van der Waals surface area (Å²) in [5.74, 6) is -0.795. The zero-order chi connectivity index (χ0) is 28.2. The number of hydrogen-bond donors (Lipinski definition) is 3. The highest BCUT2D eigenvalue weighted by Crippen LogP contribution is 2.26. The van der Waals surface area contributed by atoms with Crippen LogP contribution in [0.1, 0.15) is 103 Å². The first kappa shape index (κ1) is 32.4. The molecule has 0 aromatic heterocycles. The largest absolute Gasteiger partial charge is 0.444 e. The molecule has 3 unspecified atom stereocenters. The van der Waals surface area contributed by atoms with Gasteiger partial charge in [-0.3, -0.25) is 9.59 Å². The minimum absolute atomic E-state index is 0.0588. The summed E-state index contributed by atoms with van der Waals surface area (Å²) in [6, 6.07) is 3.66. The number of nitrogens with one attached hydrogen (secondary N) is 2. The molecule has 1 aromatic carbocycles. The molecular formula is C29H49N3O5. The van der Waals surface area contributed by atoms with Crippen molar-refractivity contribution in [3.05, 3.63) is 34.9 Å². The monoisotopic (exact) mass is 519 g/mol. The maximum atomic E-state index is 13.9. The number of benzene rings is 1. The second-order valence-electron chi connectivity index (χ2n) is 11.0. The number of aliphatic hydroxyl groups excluding tert-OH is 1. The SMILES string of the molecule is CCCCCCN(C(=O)C(CO)NC(=O)OC(C)(C)C)C(C(=O)NC(C)CCC)c1cc(C)cc(C)c1. The number of aliphatic hydroxyl groups is 1. The number of carbonyl (C=O) groups excluding carboxylic acids is 3. The number of amides is 3. The molecule has 1 rings (SSSR count). The van der Waals surface area contributed by atoms with E-state index in [1.807, 2.05) is 39.0 Å². The molecule has 3 atom stereocenters. The second-order valence-corrected chi connectivity index (χ2v) is 11.0. The Bertz CT molecular complexity index is 861. The topological polar surface area (TPSA) is 108 Å². The van der Waals surface area contributed by atoms with Gasteiger partial charge >= 0.3 is 6.09 Å². The summed E-state index contributed by atoms with van der Waals surface area (Å²) in [5.41, 5.74) is 1.91. The van der Waals surface area contributed by atoms with E-state index in [2.05, 4.69) is 24.5 Å². The molecule has 0 radical (unpaired) electrons. The number of rotatable bonds is 14. The number of hydrogen-bond acceptors (Lipinski definition) is 5. The first-order valence-electron chi connectivity index (χ1n) is 13.6. The lowest BCUT2D eigenvalue weighted by Crippen LogP contribution is -2.55. The second kappa shape index (κ2) is 15.6. The normalized spacial score (nSPS) is 13.9. The van der Waals surface area contributed by atoms with Crippen LogP contribution in [-0.4, -0.2) is 58.8 Å². The van der Waals surface area contributed by atoms with Crippen LogP contribution in [-0.2, 0) is 14.3 Å². The highest BCUT2D eigenvalue weighted by Gasteiger charge is 2.36. The number of unbranched alkanes of at least 4 members (excludes halogenated alkanes) is 3. The number of alkyl carbamates (subject to hydrolysis) is 1. The van der Waals surface area contributed by atoms with E-state index in [4.69, 9.17) is 4.74 Å². The van der Waals surface area contributed by atoms with E-state index in [1.54, 1.807) is 20.8 Å². The zero-order valence-electron chi connectivity index (χ0n) is 24.1. The minimum atomic E-state index is -1.24. The summed E-state index contributed by atoms with van der Waals surface area (Å²) >= 11 is 0. The maximum absolute atomic E-state index is 13.9. The smallest absolute Gasteiger partial charge is 0.408 e. The van der Waals surface area contributed by atoms with Crippen molar-refractivity contribution in [2.75, 3.05) is 13.2 Å². The summed E-state index contributed by atoms with van der Waals surface area (Å²) in [5, 5.41) is 15.7. The molecule has 0 bridgehead atoms. The van der Waals surface area contributed by atoms with Gasteiger partial charge in [-0.15, -0.1) is 0 Å². The quantitative estimate of drug-likeness (QED) is 0.302. The van der Waals surface area contributed by atoms with Gasteiger partial charge in [0, 0.05) is 12.6 Å². The van der Waals surface area contributed by atoms with Gasteiger partial charge in [0.15, 0.2) is 0 Å². The molecule has 8 heteroatoms. The molecule has 0 fully saturated rings. The molecule has 8 nitrogen and oxygen atoms in total. The van der Waals surface area contributed by atoms with Crippen LogP contribution >= 0.6 is 0 Å². The molecule has 3 N–H and O–H groups in total. The van der Waals surface area contributed by atoms with Gasteiger partial charge in [0.2, 0.25) is 11.8 Å². The van der Waals surface area contributed by atoms with E-state index in [-0.39, 0.29) is 11.9 Å². The van der Waals surface area contributed by atoms with Crippen LogP contribution in [0.25, 0.3) is 0 Å². The van der Waals surface area contributed by atoms with Crippen LogP contribution in [0.5, 0.6) is 0 Å². The fraction of sp³-hybridized carbons (Fsp3) is 0.690. The average Bonchev–Trinajstić information content (AvgIpc) is 2.77. The molecule has 0 aliphatic rings. The first-order valence-corrected chi connectivity index (χ1v) is 13.6. The molecule has 0 heterocycles. The molecule has 0 aliphatic carbocycles. The highest BCUT2D eigenvalue weighted by atomic mass is 16.6. The zero-order valence-corrected chi connectivity index (χ0v) is 24.1. The van der Waals surface area contributed by atoms with E-state index in [0.29, 0.717) is 18.5 Å². The molecule has 210 valence electrons. The predicted octanol–water partition coefficient (Wildman–Crippen LogP) is 4.94. The fourth-order valence-electron chi connectivity index (χ4n) is 4.38. The lowest BCUT2D eigenvalue weighted by Gasteiger charge is -2.35. The van der Waals surface area contributed by atoms with Crippen molar-refractivity contribution in [3.8, 4) is 0 Å². The minimum Gasteiger partial charge on any atom is -0.444 e. The number of carbonyl (C=O) groups is 3. The molecule has 3 amide bonds. The van der Waals surface area contributed by atoms with E-state index in [1.165, 1.54) is 4.90 Å². The Morgan fingerprint density at radius 2 is 1.59 bits per heavy atom. The van der Waals surface area contributed by atoms with Gasteiger partial charge in [-0.2, -0.15) is 0 Å². The highest BCUT2D eigenvalue weighted by molar-refractivity contribution is 5.92. The van der Waals surface area contributed by atoms with Gasteiger partial charge in [0.25, 0.3) is 0 Å². The van der Waals surface area contributed by atoms with Gasteiger partial charge in [-0.25, -0.2) is 4.79 Å². The van der Waals surface area contributed by atoms with E-state index in [0.717, 1.165) is 43.2 Å². The Morgan fingerprint density at radius 3 is 2.11 bits per heavy atom.